The number of hydrogen-bond donors (Lipinski definition) is 2. The molecule has 3 N–H and O–H groups in total. The van der Waals surface area contributed by atoms with Gasteiger partial charge in [0.15, 0.2) is 0 Å². The molecule has 1 fully saturated rings. The van der Waals surface area contributed by atoms with Crippen LogP contribution in [0.1, 0.15) is 6.92 Å². The lowest BCUT2D eigenvalue weighted by molar-refractivity contribution is -0.130. The van der Waals surface area contributed by atoms with Crippen LogP contribution in [-0.2, 0) is 4.79 Å². The Hall–Kier alpha value is -0.910. The number of piperazine rings is 1. The molecule has 2 rings (SSSR count). The lowest BCUT2D eigenvalue weighted by atomic mass is 10.3. The molecule has 1 aromatic rings. The highest BCUT2D eigenvalue weighted by Crippen LogP contribution is 2.32. The van der Waals surface area contributed by atoms with Gasteiger partial charge in [-0.2, -0.15) is 0 Å². The predicted molar refractivity (Wildman–Crippen MR) is 80.6 cm³/mol. The smallest absolute Gasteiger partial charge is 0.235 e. The summed E-state index contributed by atoms with van der Waals surface area (Å²) < 4.78 is 0. The van der Waals surface area contributed by atoms with Crippen LogP contribution < -0.4 is 11.1 Å². The molecule has 1 aliphatic rings. The van der Waals surface area contributed by atoms with E-state index in [1.54, 1.807) is 12.1 Å². The Kier molecular flexibility index (Phi) is 4.96. The van der Waals surface area contributed by atoms with E-state index in [1.807, 2.05) is 17.9 Å². The fraction of sp³-hybridized carbons (Fsp3) is 0.462. The maximum atomic E-state index is 12.3. The molecule has 19 heavy (non-hydrogen) atoms. The van der Waals surface area contributed by atoms with E-state index in [0.29, 0.717) is 10.7 Å². The summed E-state index contributed by atoms with van der Waals surface area (Å²) in [4.78, 5) is 15.1. The summed E-state index contributed by atoms with van der Waals surface area (Å²) in [5, 5.41) is 3.72. The number of nitrogens with one attached hydrogen (secondary N) is 1. The van der Waals surface area contributed by atoms with E-state index < -0.39 is 0 Å². The average molecular weight is 300 g/mol. The van der Waals surface area contributed by atoms with Crippen LogP contribution in [0.2, 0.25) is 5.02 Å². The summed E-state index contributed by atoms with van der Waals surface area (Å²) >= 11 is 7.58. The zero-order valence-corrected chi connectivity index (χ0v) is 12.4. The van der Waals surface area contributed by atoms with E-state index in [2.05, 4.69) is 5.32 Å². The summed E-state index contributed by atoms with van der Waals surface area (Å²) in [5.41, 5.74) is 6.41. The van der Waals surface area contributed by atoms with Gasteiger partial charge >= 0.3 is 0 Å². The van der Waals surface area contributed by atoms with Gasteiger partial charge in [0, 0.05) is 36.8 Å². The Morgan fingerprint density at radius 3 is 2.84 bits per heavy atom. The number of carbonyl (C=O) groups excluding carboxylic acids is 1. The van der Waals surface area contributed by atoms with Crippen molar-refractivity contribution in [1.29, 1.82) is 0 Å². The molecular formula is C13H18ClN3OS. The quantitative estimate of drug-likeness (QED) is 0.660. The largest absolute Gasteiger partial charge is 0.399 e. The second-order valence-corrected chi connectivity index (χ2v) is 6.32. The Bertz CT molecular complexity index is 463. The molecule has 1 saturated heterocycles. The zero-order valence-electron chi connectivity index (χ0n) is 10.9. The first-order chi connectivity index (χ1) is 9.08. The van der Waals surface area contributed by atoms with Crippen LogP contribution in [0, 0.1) is 0 Å². The van der Waals surface area contributed by atoms with Crippen molar-refractivity contribution in [3.05, 3.63) is 23.2 Å². The van der Waals surface area contributed by atoms with Gasteiger partial charge in [-0.1, -0.05) is 11.6 Å². The first-order valence-electron chi connectivity index (χ1n) is 6.29. The van der Waals surface area contributed by atoms with Crippen molar-refractivity contribution in [1.82, 2.24) is 10.2 Å². The van der Waals surface area contributed by atoms with Crippen LogP contribution in [0.25, 0.3) is 0 Å². The van der Waals surface area contributed by atoms with E-state index >= 15 is 0 Å². The van der Waals surface area contributed by atoms with Crippen LogP contribution in [0.5, 0.6) is 0 Å². The molecule has 104 valence electrons. The Morgan fingerprint density at radius 2 is 2.16 bits per heavy atom. The number of halogens is 1. The predicted octanol–water partition coefficient (Wildman–Crippen LogP) is 1.83. The first-order valence-corrected chi connectivity index (χ1v) is 7.55. The standard InChI is InChI=1S/C13H18ClN3OS/c1-9(13(18)17-6-4-16-5-7-17)19-12-8-10(15)2-3-11(12)14/h2-3,8-9,16H,4-7,15H2,1H3. The van der Waals surface area contributed by atoms with Crippen molar-refractivity contribution >= 4 is 35.0 Å². The Labute approximate surface area is 122 Å². The molecule has 0 spiro atoms. The van der Waals surface area contributed by atoms with Crippen molar-refractivity contribution in [3.63, 3.8) is 0 Å². The fourth-order valence-corrected chi connectivity index (χ4v) is 3.26. The second-order valence-electron chi connectivity index (χ2n) is 4.53. The van der Waals surface area contributed by atoms with Crippen LogP contribution in [0.3, 0.4) is 0 Å². The monoisotopic (exact) mass is 299 g/mol. The molecule has 1 atom stereocenters. The third-order valence-electron chi connectivity index (χ3n) is 3.04. The number of thioether (sulfide) groups is 1. The number of hydrogen-bond acceptors (Lipinski definition) is 4. The molecule has 1 aromatic carbocycles. The normalized spacial score (nSPS) is 17.3. The van der Waals surface area contributed by atoms with Crippen molar-refractivity contribution in [3.8, 4) is 0 Å². The maximum absolute atomic E-state index is 12.3. The van der Waals surface area contributed by atoms with Gasteiger partial charge in [-0.05, 0) is 25.1 Å². The molecule has 1 amide bonds. The number of benzene rings is 1. The van der Waals surface area contributed by atoms with E-state index in [-0.39, 0.29) is 11.2 Å². The summed E-state index contributed by atoms with van der Waals surface area (Å²) in [7, 11) is 0. The summed E-state index contributed by atoms with van der Waals surface area (Å²) in [6.07, 6.45) is 0. The molecule has 0 radical (unpaired) electrons. The molecule has 1 aliphatic heterocycles. The number of rotatable bonds is 3. The van der Waals surface area contributed by atoms with Gasteiger partial charge in [-0.15, -0.1) is 11.8 Å². The number of carbonyl (C=O) groups is 1. The van der Waals surface area contributed by atoms with Crippen molar-refractivity contribution in [2.75, 3.05) is 31.9 Å². The van der Waals surface area contributed by atoms with E-state index in [1.165, 1.54) is 11.8 Å². The molecule has 0 aromatic heterocycles. The van der Waals surface area contributed by atoms with Gasteiger partial charge < -0.3 is 16.0 Å². The van der Waals surface area contributed by atoms with Crippen LogP contribution in [0.15, 0.2) is 23.1 Å². The molecule has 0 aliphatic carbocycles. The van der Waals surface area contributed by atoms with Crippen LogP contribution in [0.4, 0.5) is 5.69 Å². The molecule has 1 unspecified atom stereocenters. The van der Waals surface area contributed by atoms with Gasteiger partial charge in [-0.3, -0.25) is 4.79 Å². The number of nitrogens with two attached hydrogens (primary N) is 1. The molecule has 4 nitrogen and oxygen atoms in total. The summed E-state index contributed by atoms with van der Waals surface area (Å²) in [6.45, 7) is 5.18. The Morgan fingerprint density at radius 1 is 1.47 bits per heavy atom. The lowest BCUT2D eigenvalue weighted by Crippen LogP contribution is -2.48. The van der Waals surface area contributed by atoms with Gasteiger partial charge in [0.2, 0.25) is 5.91 Å². The number of anilines is 1. The van der Waals surface area contributed by atoms with E-state index in [9.17, 15) is 4.79 Å². The maximum Gasteiger partial charge on any atom is 0.235 e. The highest BCUT2D eigenvalue weighted by molar-refractivity contribution is 8.00. The van der Waals surface area contributed by atoms with Crippen LogP contribution in [-0.4, -0.2) is 42.2 Å². The summed E-state index contributed by atoms with van der Waals surface area (Å²) in [5.74, 6) is 0.157. The van der Waals surface area contributed by atoms with Crippen molar-refractivity contribution < 1.29 is 4.79 Å². The minimum atomic E-state index is -0.155. The topological polar surface area (TPSA) is 58.4 Å². The molecule has 6 heteroatoms. The van der Waals surface area contributed by atoms with Crippen molar-refractivity contribution in [2.24, 2.45) is 0 Å². The number of nitrogens with zero attached hydrogens (tertiary/aromatic N) is 1. The average Bonchev–Trinajstić information content (AvgIpc) is 2.43. The van der Waals surface area contributed by atoms with Crippen LogP contribution >= 0.6 is 23.4 Å². The molecule has 0 saturated carbocycles. The SMILES string of the molecule is CC(Sc1cc(N)ccc1Cl)C(=O)N1CCNCC1. The molecule has 1 heterocycles. The number of amides is 1. The Balaban J connectivity index is 2.01. The third-order valence-corrected chi connectivity index (χ3v) is 4.62. The van der Waals surface area contributed by atoms with Gasteiger partial charge in [-0.25, -0.2) is 0 Å². The molecular weight excluding hydrogens is 282 g/mol. The minimum absolute atomic E-state index is 0.155. The second kappa shape index (κ2) is 6.50. The fourth-order valence-electron chi connectivity index (χ4n) is 1.99. The summed E-state index contributed by atoms with van der Waals surface area (Å²) in [6, 6.07) is 5.34. The van der Waals surface area contributed by atoms with Gasteiger partial charge in [0.25, 0.3) is 0 Å². The number of nitrogen functional groups attached to an aromatic ring is 1. The highest BCUT2D eigenvalue weighted by atomic mass is 35.5. The molecule has 0 bridgehead atoms. The minimum Gasteiger partial charge on any atom is -0.399 e. The first kappa shape index (κ1) is 14.5. The zero-order chi connectivity index (χ0) is 13.8. The van der Waals surface area contributed by atoms with Gasteiger partial charge in [0.1, 0.15) is 0 Å². The highest BCUT2D eigenvalue weighted by Gasteiger charge is 2.23. The van der Waals surface area contributed by atoms with E-state index in [4.69, 9.17) is 17.3 Å². The van der Waals surface area contributed by atoms with E-state index in [0.717, 1.165) is 31.1 Å². The van der Waals surface area contributed by atoms with Gasteiger partial charge in [0.05, 0.1) is 10.3 Å². The third kappa shape index (κ3) is 3.78. The van der Waals surface area contributed by atoms with Crippen molar-refractivity contribution in [2.45, 2.75) is 17.1 Å². The lowest BCUT2D eigenvalue weighted by Gasteiger charge is -2.29.